The lowest BCUT2D eigenvalue weighted by Gasteiger charge is -2.69. The van der Waals surface area contributed by atoms with Crippen molar-refractivity contribution in [2.24, 2.45) is 45.8 Å². The summed E-state index contributed by atoms with van der Waals surface area (Å²) in [7, 11) is 0. The smallest absolute Gasteiger partial charge is 0.306 e. The summed E-state index contributed by atoms with van der Waals surface area (Å²) in [5, 5.41) is 30.4. The van der Waals surface area contributed by atoms with Gasteiger partial charge in [-0.1, -0.05) is 27.7 Å². The number of fused-ring (bicyclic) bond motifs is 5. The van der Waals surface area contributed by atoms with Crippen molar-refractivity contribution in [3.63, 3.8) is 0 Å². The highest BCUT2D eigenvalue weighted by Gasteiger charge is 2.71. The minimum atomic E-state index is -1.06. The van der Waals surface area contributed by atoms with E-state index in [-0.39, 0.29) is 77.3 Å². The van der Waals surface area contributed by atoms with E-state index in [1.54, 1.807) is 0 Å². The molecule has 4 saturated carbocycles. The first-order valence-electron chi connectivity index (χ1n) is 17.9. The normalized spacial score (nSPS) is 43.5. The number of ether oxygens (including phenoxy) is 3. The number of carboxylic acids is 2. The molecule has 4 aliphatic carbocycles. The van der Waals surface area contributed by atoms with Crippen molar-refractivity contribution >= 4 is 23.9 Å². The van der Waals surface area contributed by atoms with Gasteiger partial charge < -0.3 is 29.5 Å². The Morgan fingerprint density at radius 2 is 1.34 bits per heavy atom. The minimum absolute atomic E-state index is 0.0678. The molecule has 0 amide bonds. The second-order valence-electron chi connectivity index (χ2n) is 17.6. The summed E-state index contributed by atoms with van der Waals surface area (Å²) in [4.78, 5) is 48.4. The summed E-state index contributed by atoms with van der Waals surface area (Å²) in [6, 6.07) is 0. The summed E-state index contributed by atoms with van der Waals surface area (Å²) >= 11 is 0. The first kappa shape index (κ1) is 36.1. The first-order valence-corrected chi connectivity index (χ1v) is 17.9. The van der Waals surface area contributed by atoms with E-state index in [1.165, 1.54) is 0 Å². The highest BCUT2D eigenvalue weighted by molar-refractivity contribution is 5.77. The van der Waals surface area contributed by atoms with E-state index < -0.39 is 47.6 Å². The number of hydrogen-bond donors (Lipinski definition) is 3. The summed E-state index contributed by atoms with van der Waals surface area (Å²) in [6.45, 7) is 15.3. The molecule has 0 bridgehead atoms. The Bertz CT molecular complexity index is 1240. The standard InChI is InChI=1S/C37H58O10/c1-33(2)16-8-17-37(7,47-33)22-10-9-21-31(22)23(38)19-25-35(5)18-15-26(46-30(44)14-12-28(41)42)34(3,4)32(35)24(20-36(21,25)6)45-29(43)13-11-27(39)40/h21-26,31-32,38H,8-20H2,1-7H3,(H,39,40)(H,41,42)/t21?,22-,23+,24+,25+,26-,31-,32?,35+,36-,37+/m0/s1. The minimum Gasteiger partial charge on any atom is -0.481 e. The van der Waals surface area contributed by atoms with Gasteiger partial charge in [0.25, 0.3) is 0 Å². The molecule has 5 rings (SSSR count). The zero-order valence-electron chi connectivity index (χ0n) is 29.5. The Morgan fingerprint density at radius 3 is 1.94 bits per heavy atom. The van der Waals surface area contributed by atoms with Crippen molar-refractivity contribution in [2.45, 2.75) is 161 Å². The van der Waals surface area contributed by atoms with Crippen LogP contribution >= 0.6 is 0 Å². The fraction of sp³-hybridized carbons (Fsp3) is 0.892. The van der Waals surface area contributed by atoms with Crippen LogP contribution in [0.15, 0.2) is 0 Å². The molecule has 0 spiro atoms. The van der Waals surface area contributed by atoms with Crippen molar-refractivity contribution in [3.05, 3.63) is 0 Å². The van der Waals surface area contributed by atoms with Gasteiger partial charge in [-0.25, -0.2) is 0 Å². The highest BCUT2D eigenvalue weighted by atomic mass is 16.6. The maximum Gasteiger partial charge on any atom is 0.306 e. The number of carbonyl (C=O) groups is 4. The fourth-order valence-electron chi connectivity index (χ4n) is 12.2. The predicted octanol–water partition coefficient (Wildman–Crippen LogP) is 6.15. The van der Waals surface area contributed by atoms with E-state index in [0.717, 1.165) is 32.1 Å². The number of hydrogen-bond acceptors (Lipinski definition) is 8. The van der Waals surface area contributed by atoms with Gasteiger partial charge in [0.05, 0.1) is 43.0 Å². The molecule has 5 aliphatic rings. The van der Waals surface area contributed by atoms with Gasteiger partial charge in [0, 0.05) is 11.3 Å². The number of carboxylic acid groups (broad SMARTS) is 2. The molecule has 1 saturated heterocycles. The third-order valence-corrected chi connectivity index (χ3v) is 13.8. The van der Waals surface area contributed by atoms with Crippen LogP contribution in [-0.2, 0) is 33.4 Å². The Morgan fingerprint density at radius 1 is 0.745 bits per heavy atom. The molecule has 0 aromatic rings. The van der Waals surface area contributed by atoms with Crippen LogP contribution in [0.5, 0.6) is 0 Å². The molecule has 1 aliphatic heterocycles. The van der Waals surface area contributed by atoms with Crippen LogP contribution in [0.1, 0.15) is 132 Å². The Kier molecular flexibility index (Phi) is 9.67. The molecule has 11 atom stereocenters. The Labute approximate surface area is 279 Å². The van der Waals surface area contributed by atoms with Crippen molar-refractivity contribution in [2.75, 3.05) is 0 Å². The summed E-state index contributed by atoms with van der Waals surface area (Å²) in [6.07, 6.45) is 4.96. The number of esters is 2. The van der Waals surface area contributed by atoms with Crippen LogP contribution in [0.4, 0.5) is 0 Å². The maximum atomic E-state index is 13.2. The van der Waals surface area contributed by atoms with Gasteiger partial charge in [0.15, 0.2) is 0 Å². The molecular weight excluding hydrogens is 604 g/mol. The van der Waals surface area contributed by atoms with Crippen LogP contribution in [0.2, 0.25) is 0 Å². The second-order valence-corrected chi connectivity index (χ2v) is 17.6. The van der Waals surface area contributed by atoms with Gasteiger partial charge in [-0.2, -0.15) is 0 Å². The lowest BCUT2D eigenvalue weighted by Crippen LogP contribution is -2.68. The van der Waals surface area contributed by atoms with Gasteiger partial charge in [0.2, 0.25) is 0 Å². The van der Waals surface area contributed by atoms with Gasteiger partial charge in [-0.3, -0.25) is 19.2 Å². The average Bonchev–Trinajstić information content (AvgIpc) is 3.41. The summed E-state index contributed by atoms with van der Waals surface area (Å²) < 4.78 is 19.1. The van der Waals surface area contributed by atoms with Gasteiger partial charge in [-0.15, -0.1) is 0 Å². The summed E-state index contributed by atoms with van der Waals surface area (Å²) in [5.74, 6) is -2.82. The third kappa shape index (κ3) is 6.59. The largest absolute Gasteiger partial charge is 0.481 e. The zero-order chi connectivity index (χ0) is 34.7. The lowest BCUT2D eigenvalue weighted by molar-refractivity contribution is -0.265. The van der Waals surface area contributed by atoms with Crippen molar-refractivity contribution in [1.29, 1.82) is 0 Å². The molecule has 2 unspecified atom stereocenters. The fourth-order valence-corrected chi connectivity index (χ4v) is 12.2. The summed E-state index contributed by atoms with van der Waals surface area (Å²) in [5.41, 5.74) is -1.78. The maximum absolute atomic E-state index is 13.2. The van der Waals surface area contributed by atoms with Crippen molar-refractivity contribution in [3.8, 4) is 0 Å². The van der Waals surface area contributed by atoms with E-state index in [1.807, 2.05) is 13.8 Å². The molecule has 5 fully saturated rings. The van der Waals surface area contributed by atoms with E-state index in [4.69, 9.17) is 19.3 Å². The molecular formula is C37H58O10. The van der Waals surface area contributed by atoms with Crippen LogP contribution in [0.3, 0.4) is 0 Å². The van der Waals surface area contributed by atoms with Crippen molar-refractivity contribution < 1.29 is 48.7 Å². The molecule has 10 heteroatoms. The highest BCUT2D eigenvalue weighted by Crippen LogP contribution is 2.72. The van der Waals surface area contributed by atoms with E-state index in [9.17, 15) is 29.4 Å². The number of aliphatic carboxylic acids is 2. The van der Waals surface area contributed by atoms with Crippen LogP contribution < -0.4 is 0 Å². The van der Waals surface area contributed by atoms with Gasteiger partial charge in [-0.05, 0) is 113 Å². The first-order chi connectivity index (χ1) is 21.7. The van der Waals surface area contributed by atoms with Gasteiger partial charge in [0.1, 0.15) is 12.2 Å². The van der Waals surface area contributed by atoms with Gasteiger partial charge >= 0.3 is 23.9 Å². The van der Waals surface area contributed by atoms with E-state index >= 15 is 0 Å². The zero-order valence-corrected chi connectivity index (χ0v) is 29.5. The molecule has 47 heavy (non-hydrogen) atoms. The topological polar surface area (TPSA) is 157 Å². The van der Waals surface area contributed by atoms with Crippen LogP contribution in [-0.4, -0.2) is 68.7 Å². The predicted molar refractivity (Wildman–Crippen MR) is 172 cm³/mol. The monoisotopic (exact) mass is 662 g/mol. The quantitative estimate of drug-likeness (QED) is 0.245. The Balaban J connectivity index is 1.48. The second kappa shape index (κ2) is 12.6. The molecule has 3 N–H and O–H groups in total. The number of rotatable bonds is 9. The SMILES string of the molecule is CC1(C)CCC[C@](C)([C@H]2CCC3[C@@H]2[C@H](O)C[C@H]2[C@@]3(C)C[C@@H](OC(=O)CCC(=O)O)C3C(C)(C)[C@@H](OC(=O)CCC(=O)O)CC[C@@]32C)O1. The van der Waals surface area contributed by atoms with E-state index in [0.29, 0.717) is 25.7 Å². The van der Waals surface area contributed by atoms with Crippen molar-refractivity contribution in [1.82, 2.24) is 0 Å². The number of aliphatic hydroxyl groups is 1. The molecule has 266 valence electrons. The third-order valence-electron chi connectivity index (χ3n) is 13.8. The van der Waals surface area contributed by atoms with Crippen LogP contribution in [0.25, 0.3) is 0 Å². The lowest BCUT2D eigenvalue weighted by atomic mass is 9.37. The molecule has 0 radical (unpaired) electrons. The Hall–Kier alpha value is -2.20. The molecule has 0 aromatic heterocycles. The molecule has 1 heterocycles. The molecule has 10 nitrogen and oxygen atoms in total. The number of carbonyl (C=O) groups excluding carboxylic acids is 2. The van der Waals surface area contributed by atoms with E-state index in [2.05, 4.69) is 34.6 Å². The van der Waals surface area contributed by atoms with Crippen LogP contribution in [0, 0.1) is 45.8 Å². The number of aliphatic hydroxyl groups excluding tert-OH is 1. The molecule has 0 aromatic carbocycles. The average molecular weight is 663 g/mol.